The molecule has 23 heavy (non-hydrogen) atoms. The molecule has 1 aliphatic heterocycles. The van der Waals surface area contributed by atoms with E-state index in [4.69, 9.17) is 9.84 Å². The van der Waals surface area contributed by atoms with Crippen LogP contribution in [-0.2, 0) is 4.79 Å². The Bertz CT molecular complexity index is 512. The summed E-state index contributed by atoms with van der Waals surface area (Å²) in [5.41, 5.74) is 0. The Morgan fingerprint density at radius 2 is 1.78 bits per heavy atom. The summed E-state index contributed by atoms with van der Waals surface area (Å²) in [4.78, 5) is 12.5. The molecule has 0 bridgehead atoms. The summed E-state index contributed by atoms with van der Waals surface area (Å²) in [5.74, 6) is -0.568. The van der Waals surface area contributed by atoms with Gasteiger partial charge in [0.2, 0.25) is 0 Å². The molecular weight excluding hydrogens is 315 g/mol. The van der Waals surface area contributed by atoms with Crippen LogP contribution in [0.25, 0.3) is 0 Å². The average Bonchev–Trinajstić information content (AvgIpc) is 2.40. The summed E-state index contributed by atoms with van der Waals surface area (Å²) in [6.07, 6.45) is -3.04. The van der Waals surface area contributed by atoms with Crippen molar-refractivity contribution in [2.24, 2.45) is 0 Å². The van der Waals surface area contributed by atoms with Gasteiger partial charge in [-0.25, -0.2) is 0 Å². The fraction of sp³-hybridized carbons (Fsp3) is 0.533. The number of halogens is 3. The Balaban J connectivity index is 1.64. The molecule has 0 atom stereocenters. The van der Waals surface area contributed by atoms with Crippen LogP contribution in [0.5, 0.6) is 11.5 Å². The molecule has 2 rings (SSSR count). The number of nitrogens with zero attached hydrogens (tertiary/aromatic N) is 1. The second kappa shape index (κ2) is 7.54. The lowest BCUT2D eigenvalue weighted by atomic mass is 10.1. The third-order valence-electron chi connectivity index (χ3n) is 3.40. The SMILES string of the molecule is O=C(O)CCCCN1CC(Oc2ccc(OC(F)(F)F)cc2)C1. The maximum Gasteiger partial charge on any atom is 0.573 e. The third kappa shape index (κ3) is 6.35. The third-order valence-corrected chi connectivity index (χ3v) is 3.40. The number of likely N-dealkylation sites (tertiary alicyclic amines) is 1. The number of unbranched alkanes of at least 4 members (excludes halogenated alkanes) is 1. The van der Waals surface area contributed by atoms with Gasteiger partial charge in [0, 0.05) is 19.5 Å². The maximum atomic E-state index is 12.0. The zero-order valence-corrected chi connectivity index (χ0v) is 12.4. The number of ether oxygens (including phenoxy) is 2. The minimum Gasteiger partial charge on any atom is -0.488 e. The molecule has 128 valence electrons. The van der Waals surface area contributed by atoms with Gasteiger partial charge in [0.05, 0.1) is 0 Å². The Kier molecular flexibility index (Phi) is 5.70. The summed E-state index contributed by atoms with van der Waals surface area (Å²) < 4.78 is 45.5. The lowest BCUT2D eigenvalue weighted by molar-refractivity contribution is -0.274. The highest BCUT2D eigenvalue weighted by atomic mass is 19.4. The van der Waals surface area contributed by atoms with Crippen molar-refractivity contribution >= 4 is 5.97 Å². The van der Waals surface area contributed by atoms with E-state index in [1.165, 1.54) is 24.3 Å². The van der Waals surface area contributed by atoms with Crippen LogP contribution in [0.3, 0.4) is 0 Å². The number of benzene rings is 1. The quantitative estimate of drug-likeness (QED) is 0.741. The van der Waals surface area contributed by atoms with E-state index in [0.29, 0.717) is 12.2 Å². The molecule has 1 aliphatic rings. The molecule has 8 heteroatoms. The highest BCUT2D eigenvalue weighted by Crippen LogP contribution is 2.26. The zero-order chi connectivity index (χ0) is 16.9. The number of carboxylic acid groups (broad SMARTS) is 1. The van der Waals surface area contributed by atoms with E-state index in [9.17, 15) is 18.0 Å². The van der Waals surface area contributed by atoms with Crippen molar-refractivity contribution in [1.82, 2.24) is 4.90 Å². The first-order valence-electron chi connectivity index (χ1n) is 7.28. The molecule has 0 spiro atoms. The first-order chi connectivity index (χ1) is 10.8. The summed E-state index contributed by atoms with van der Waals surface area (Å²) in [6.45, 7) is 2.28. The fourth-order valence-electron chi connectivity index (χ4n) is 2.30. The molecule has 1 saturated heterocycles. The highest BCUT2D eigenvalue weighted by Gasteiger charge is 2.31. The van der Waals surface area contributed by atoms with E-state index in [2.05, 4.69) is 9.64 Å². The monoisotopic (exact) mass is 333 g/mol. The number of aliphatic carboxylic acids is 1. The lowest BCUT2D eigenvalue weighted by Crippen LogP contribution is -2.53. The molecule has 1 heterocycles. The van der Waals surface area contributed by atoms with Crippen LogP contribution in [0.1, 0.15) is 19.3 Å². The molecule has 0 radical (unpaired) electrons. The molecule has 5 nitrogen and oxygen atoms in total. The molecular formula is C15H18F3NO4. The van der Waals surface area contributed by atoms with Crippen molar-refractivity contribution in [2.75, 3.05) is 19.6 Å². The van der Waals surface area contributed by atoms with E-state index < -0.39 is 12.3 Å². The average molecular weight is 333 g/mol. The topological polar surface area (TPSA) is 59.0 Å². The predicted octanol–water partition coefficient (Wildman–Crippen LogP) is 2.90. The Morgan fingerprint density at radius 3 is 2.35 bits per heavy atom. The van der Waals surface area contributed by atoms with Gasteiger partial charge in [0.15, 0.2) is 0 Å². The van der Waals surface area contributed by atoms with Gasteiger partial charge in [-0.1, -0.05) is 0 Å². The van der Waals surface area contributed by atoms with Crippen molar-refractivity contribution in [2.45, 2.75) is 31.7 Å². The van der Waals surface area contributed by atoms with Gasteiger partial charge in [-0.05, 0) is 43.7 Å². The number of carbonyl (C=O) groups is 1. The normalized spacial score (nSPS) is 16.0. The fourth-order valence-corrected chi connectivity index (χ4v) is 2.30. The van der Waals surface area contributed by atoms with Crippen molar-refractivity contribution in [3.63, 3.8) is 0 Å². The summed E-state index contributed by atoms with van der Waals surface area (Å²) >= 11 is 0. The first kappa shape index (κ1) is 17.4. The summed E-state index contributed by atoms with van der Waals surface area (Å²) in [6, 6.07) is 5.31. The summed E-state index contributed by atoms with van der Waals surface area (Å²) in [5, 5.41) is 8.53. The molecule has 0 aromatic heterocycles. The minimum absolute atomic E-state index is 0.00357. The van der Waals surface area contributed by atoms with E-state index in [0.717, 1.165) is 26.1 Å². The number of rotatable bonds is 8. The maximum absolute atomic E-state index is 12.0. The number of alkyl halides is 3. The van der Waals surface area contributed by atoms with Gasteiger partial charge in [-0.15, -0.1) is 13.2 Å². The van der Waals surface area contributed by atoms with Crippen LogP contribution in [0.4, 0.5) is 13.2 Å². The van der Waals surface area contributed by atoms with Crippen molar-refractivity contribution in [3.05, 3.63) is 24.3 Å². The highest BCUT2D eigenvalue weighted by molar-refractivity contribution is 5.66. The second-order valence-electron chi connectivity index (χ2n) is 5.37. The van der Waals surface area contributed by atoms with E-state index in [1.54, 1.807) is 0 Å². The predicted molar refractivity (Wildman–Crippen MR) is 75.5 cm³/mol. The first-order valence-corrected chi connectivity index (χ1v) is 7.28. The van der Waals surface area contributed by atoms with Gasteiger partial charge < -0.3 is 14.6 Å². The Hall–Kier alpha value is -1.96. The van der Waals surface area contributed by atoms with Crippen molar-refractivity contribution < 1.29 is 32.5 Å². The molecule has 1 aromatic carbocycles. The van der Waals surface area contributed by atoms with Crippen LogP contribution in [0.15, 0.2) is 24.3 Å². The van der Waals surface area contributed by atoms with Gasteiger partial charge in [0.25, 0.3) is 0 Å². The van der Waals surface area contributed by atoms with E-state index >= 15 is 0 Å². The molecule has 0 amide bonds. The molecule has 1 aromatic rings. The van der Waals surface area contributed by atoms with Gasteiger partial charge in [0.1, 0.15) is 17.6 Å². The van der Waals surface area contributed by atoms with Crippen LogP contribution in [0.2, 0.25) is 0 Å². The van der Waals surface area contributed by atoms with Crippen LogP contribution >= 0.6 is 0 Å². The van der Waals surface area contributed by atoms with Crippen molar-refractivity contribution in [3.8, 4) is 11.5 Å². The Morgan fingerprint density at radius 1 is 1.17 bits per heavy atom. The van der Waals surface area contributed by atoms with Crippen molar-refractivity contribution in [1.29, 1.82) is 0 Å². The molecule has 0 saturated carbocycles. The van der Waals surface area contributed by atoms with Crippen LogP contribution in [-0.4, -0.2) is 48.1 Å². The smallest absolute Gasteiger partial charge is 0.488 e. The van der Waals surface area contributed by atoms with E-state index in [-0.39, 0.29) is 18.3 Å². The van der Waals surface area contributed by atoms with Crippen LogP contribution < -0.4 is 9.47 Å². The largest absolute Gasteiger partial charge is 0.573 e. The Labute approximate surface area is 131 Å². The molecule has 0 unspecified atom stereocenters. The van der Waals surface area contributed by atoms with Gasteiger partial charge >= 0.3 is 12.3 Å². The zero-order valence-electron chi connectivity index (χ0n) is 12.4. The minimum atomic E-state index is -4.70. The standard InChI is InChI=1S/C15H18F3NO4/c16-15(17,18)23-12-6-4-11(5-7-12)22-13-9-19(10-13)8-2-1-3-14(20)21/h4-7,13H,1-3,8-10H2,(H,20,21). The number of hydrogen-bond donors (Lipinski definition) is 1. The summed E-state index contributed by atoms with van der Waals surface area (Å²) in [7, 11) is 0. The molecule has 1 fully saturated rings. The molecule has 1 N–H and O–H groups in total. The van der Waals surface area contributed by atoms with E-state index in [1.807, 2.05) is 0 Å². The second-order valence-corrected chi connectivity index (χ2v) is 5.37. The number of hydrogen-bond acceptors (Lipinski definition) is 4. The lowest BCUT2D eigenvalue weighted by Gasteiger charge is -2.39. The van der Waals surface area contributed by atoms with Gasteiger partial charge in [-0.2, -0.15) is 0 Å². The molecule has 0 aliphatic carbocycles. The number of carboxylic acids is 1. The van der Waals surface area contributed by atoms with Crippen LogP contribution in [0, 0.1) is 0 Å². The van der Waals surface area contributed by atoms with Gasteiger partial charge in [-0.3, -0.25) is 9.69 Å².